The Kier molecular flexibility index (Phi) is 6.41. The van der Waals surface area contributed by atoms with Gasteiger partial charge in [-0.25, -0.2) is 9.18 Å². The van der Waals surface area contributed by atoms with E-state index in [0.29, 0.717) is 25.4 Å². The maximum absolute atomic E-state index is 13.2. The van der Waals surface area contributed by atoms with Crippen molar-refractivity contribution in [3.63, 3.8) is 0 Å². The van der Waals surface area contributed by atoms with Gasteiger partial charge in [0.05, 0.1) is 24.5 Å². The molecule has 0 spiro atoms. The van der Waals surface area contributed by atoms with Gasteiger partial charge in [-0.2, -0.15) is 0 Å². The lowest BCUT2D eigenvalue weighted by Crippen LogP contribution is -2.39. The number of benzene rings is 1. The minimum Gasteiger partial charge on any atom is -0.478 e. The number of aromatic carboxylic acids is 1. The van der Waals surface area contributed by atoms with Crippen LogP contribution in [0.2, 0.25) is 0 Å². The lowest BCUT2D eigenvalue weighted by atomic mass is 10.1. The number of anilines is 1. The Balaban J connectivity index is 3.14. The number of methoxy groups -OCH3 is 2. The van der Waals surface area contributed by atoms with Gasteiger partial charge in [0.15, 0.2) is 0 Å². The van der Waals surface area contributed by atoms with Crippen LogP contribution in [0, 0.1) is 5.82 Å². The Morgan fingerprint density at radius 1 is 1.40 bits per heavy atom. The van der Waals surface area contributed by atoms with E-state index in [2.05, 4.69) is 0 Å². The van der Waals surface area contributed by atoms with Crippen LogP contribution in [0.5, 0.6) is 0 Å². The number of carboxylic acids is 1. The van der Waals surface area contributed by atoms with Gasteiger partial charge in [0.2, 0.25) is 0 Å². The Bertz CT molecular complexity index is 453. The van der Waals surface area contributed by atoms with Crippen LogP contribution in [0.1, 0.15) is 17.3 Å². The van der Waals surface area contributed by atoms with Crippen molar-refractivity contribution in [1.29, 1.82) is 0 Å². The predicted molar refractivity (Wildman–Crippen MR) is 73.9 cm³/mol. The molecule has 0 bridgehead atoms. The smallest absolute Gasteiger partial charge is 0.337 e. The van der Waals surface area contributed by atoms with Crippen LogP contribution in [-0.2, 0) is 9.47 Å². The van der Waals surface area contributed by atoms with Crippen molar-refractivity contribution >= 4 is 11.7 Å². The maximum atomic E-state index is 13.2. The monoisotopic (exact) mass is 285 g/mol. The standard InChI is InChI=1S/C14H20FNO4/c1-10(9-20-3)16(6-7-19-2)13-5-4-11(15)8-12(13)14(17)18/h4-5,8,10H,6-7,9H2,1-3H3,(H,17,18). The fourth-order valence-corrected chi connectivity index (χ4v) is 2.03. The van der Waals surface area contributed by atoms with Crippen LogP contribution in [0.25, 0.3) is 0 Å². The summed E-state index contributed by atoms with van der Waals surface area (Å²) >= 11 is 0. The third-order valence-electron chi connectivity index (χ3n) is 2.97. The average molecular weight is 285 g/mol. The number of ether oxygens (including phenoxy) is 2. The van der Waals surface area contributed by atoms with Crippen LogP contribution in [0.15, 0.2) is 18.2 Å². The third-order valence-corrected chi connectivity index (χ3v) is 2.97. The van der Waals surface area contributed by atoms with E-state index in [1.54, 1.807) is 14.2 Å². The number of hydrogen-bond donors (Lipinski definition) is 1. The first-order valence-electron chi connectivity index (χ1n) is 6.28. The predicted octanol–water partition coefficient (Wildman–Crippen LogP) is 2.01. The largest absolute Gasteiger partial charge is 0.478 e. The lowest BCUT2D eigenvalue weighted by Gasteiger charge is -2.31. The van der Waals surface area contributed by atoms with Crippen LogP contribution < -0.4 is 4.90 Å². The molecular weight excluding hydrogens is 265 g/mol. The van der Waals surface area contributed by atoms with Crippen molar-refractivity contribution < 1.29 is 23.8 Å². The van der Waals surface area contributed by atoms with Crippen molar-refractivity contribution in [1.82, 2.24) is 0 Å². The molecule has 5 nitrogen and oxygen atoms in total. The molecule has 0 aliphatic rings. The van der Waals surface area contributed by atoms with Crippen LogP contribution in [-0.4, -0.2) is 51.1 Å². The van der Waals surface area contributed by atoms with E-state index in [-0.39, 0.29) is 11.6 Å². The van der Waals surface area contributed by atoms with Crippen LogP contribution >= 0.6 is 0 Å². The lowest BCUT2D eigenvalue weighted by molar-refractivity contribution is 0.0696. The van der Waals surface area contributed by atoms with E-state index >= 15 is 0 Å². The normalized spacial score (nSPS) is 12.2. The highest BCUT2D eigenvalue weighted by Gasteiger charge is 2.21. The first kappa shape index (κ1) is 16.4. The second-order valence-corrected chi connectivity index (χ2v) is 4.46. The van der Waals surface area contributed by atoms with Gasteiger partial charge in [-0.3, -0.25) is 0 Å². The summed E-state index contributed by atoms with van der Waals surface area (Å²) in [5.41, 5.74) is 0.393. The summed E-state index contributed by atoms with van der Waals surface area (Å²) in [4.78, 5) is 13.1. The Morgan fingerprint density at radius 2 is 2.10 bits per heavy atom. The summed E-state index contributed by atoms with van der Waals surface area (Å²) in [6.07, 6.45) is 0. The number of carboxylic acid groups (broad SMARTS) is 1. The van der Waals surface area contributed by atoms with Gasteiger partial charge in [-0.1, -0.05) is 0 Å². The molecule has 1 atom stereocenters. The second-order valence-electron chi connectivity index (χ2n) is 4.46. The van der Waals surface area contributed by atoms with Crippen LogP contribution in [0.3, 0.4) is 0 Å². The quantitative estimate of drug-likeness (QED) is 0.791. The zero-order valence-corrected chi connectivity index (χ0v) is 11.9. The first-order chi connectivity index (χ1) is 9.51. The highest BCUT2D eigenvalue weighted by Crippen LogP contribution is 2.24. The third kappa shape index (κ3) is 4.18. The first-order valence-corrected chi connectivity index (χ1v) is 6.28. The zero-order chi connectivity index (χ0) is 15.1. The van der Waals surface area contributed by atoms with E-state index < -0.39 is 11.8 Å². The summed E-state index contributed by atoms with van der Waals surface area (Å²) in [6.45, 7) is 3.27. The Morgan fingerprint density at radius 3 is 2.65 bits per heavy atom. The molecular formula is C14H20FNO4. The Labute approximate surface area is 117 Å². The number of rotatable bonds is 8. The fraction of sp³-hybridized carbons (Fsp3) is 0.500. The van der Waals surface area contributed by atoms with Gasteiger partial charge in [-0.15, -0.1) is 0 Å². The molecule has 1 aromatic rings. The summed E-state index contributed by atoms with van der Waals surface area (Å²) < 4.78 is 23.4. The maximum Gasteiger partial charge on any atom is 0.337 e. The van der Waals surface area contributed by atoms with Crippen molar-refractivity contribution in [3.8, 4) is 0 Å². The molecule has 0 saturated carbocycles. The molecule has 6 heteroatoms. The highest BCUT2D eigenvalue weighted by atomic mass is 19.1. The molecule has 0 aromatic heterocycles. The number of carbonyl (C=O) groups is 1. The van der Waals surface area contributed by atoms with Gasteiger partial charge in [0, 0.05) is 26.8 Å². The SMILES string of the molecule is COCCN(c1ccc(F)cc1C(=O)O)C(C)COC. The van der Waals surface area contributed by atoms with E-state index in [1.807, 2.05) is 11.8 Å². The second kappa shape index (κ2) is 7.81. The Hall–Kier alpha value is -1.66. The minimum atomic E-state index is -1.16. The van der Waals surface area contributed by atoms with Crippen molar-refractivity contribution in [2.24, 2.45) is 0 Å². The fourth-order valence-electron chi connectivity index (χ4n) is 2.03. The molecule has 0 heterocycles. The van der Waals surface area contributed by atoms with Crippen molar-refractivity contribution in [2.45, 2.75) is 13.0 Å². The number of hydrogen-bond acceptors (Lipinski definition) is 4. The molecule has 0 fully saturated rings. The van der Waals surface area contributed by atoms with Gasteiger partial charge < -0.3 is 19.5 Å². The van der Waals surface area contributed by atoms with Crippen molar-refractivity contribution in [2.75, 3.05) is 38.9 Å². The van der Waals surface area contributed by atoms with Gasteiger partial charge in [0.1, 0.15) is 5.82 Å². The molecule has 0 amide bonds. The average Bonchev–Trinajstić information content (AvgIpc) is 2.40. The van der Waals surface area contributed by atoms with E-state index in [4.69, 9.17) is 9.47 Å². The summed E-state index contributed by atoms with van der Waals surface area (Å²) in [5.74, 6) is -1.73. The molecule has 0 aliphatic carbocycles. The van der Waals surface area contributed by atoms with E-state index in [0.717, 1.165) is 6.07 Å². The summed E-state index contributed by atoms with van der Waals surface area (Å²) in [5, 5.41) is 9.22. The molecule has 0 saturated heterocycles. The molecule has 20 heavy (non-hydrogen) atoms. The summed E-state index contributed by atoms with van der Waals surface area (Å²) in [7, 11) is 3.15. The zero-order valence-electron chi connectivity index (χ0n) is 11.9. The molecule has 1 rings (SSSR count). The minimum absolute atomic E-state index is 0.0567. The molecule has 0 aliphatic heterocycles. The number of nitrogens with zero attached hydrogens (tertiary/aromatic N) is 1. The summed E-state index contributed by atoms with van der Waals surface area (Å²) in [6, 6.07) is 3.69. The molecule has 112 valence electrons. The molecule has 1 aromatic carbocycles. The molecule has 0 radical (unpaired) electrons. The molecule has 1 unspecified atom stereocenters. The van der Waals surface area contributed by atoms with E-state index in [9.17, 15) is 14.3 Å². The highest BCUT2D eigenvalue weighted by molar-refractivity contribution is 5.94. The van der Waals surface area contributed by atoms with Gasteiger partial charge >= 0.3 is 5.97 Å². The van der Waals surface area contributed by atoms with Crippen molar-refractivity contribution in [3.05, 3.63) is 29.6 Å². The molecule has 1 N–H and O–H groups in total. The van der Waals surface area contributed by atoms with E-state index in [1.165, 1.54) is 12.1 Å². The van der Waals surface area contributed by atoms with Gasteiger partial charge in [0.25, 0.3) is 0 Å². The van der Waals surface area contributed by atoms with Crippen LogP contribution in [0.4, 0.5) is 10.1 Å². The number of halogens is 1. The van der Waals surface area contributed by atoms with Gasteiger partial charge in [-0.05, 0) is 25.1 Å². The topological polar surface area (TPSA) is 59.0 Å².